The van der Waals surface area contributed by atoms with E-state index >= 15 is 0 Å². The number of hydrogen-bond donors (Lipinski definition) is 2. The molecule has 30 heavy (non-hydrogen) atoms. The summed E-state index contributed by atoms with van der Waals surface area (Å²) < 4.78 is 11.0. The van der Waals surface area contributed by atoms with Gasteiger partial charge in [0.2, 0.25) is 0 Å². The van der Waals surface area contributed by atoms with Gasteiger partial charge in [0.15, 0.2) is 0 Å². The van der Waals surface area contributed by atoms with Crippen LogP contribution < -0.4 is 0 Å². The molecule has 4 saturated carbocycles. The fourth-order valence-electron chi connectivity index (χ4n) is 7.65. The van der Waals surface area contributed by atoms with Crippen molar-refractivity contribution in [3.05, 3.63) is 0 Å². The molecule has 7 heteroatoms. The smallest absolute Gasteiger partial charge is 0.302 e. The number of carbonyl (C=O) groups excluding carboxylic acids is 3. The van der Waals surface area contributed by atoms with Crippen LogP contribution in [0.2, 0.25) is 0 Å². The van der Waals surface area contributed by atoms with Crippen molar-refractivity contribution in [3.63, 3.8) is 0 Å². The molecular formula is C23H34O7. The van der Waals surface area contributed by atoms with E-state index in [2.05, 4.69) is 0 Å². The van der Waals surface area contributed by atoms with Crippen LogP contribution in [0.5, 0.6) is 0 Å². The quantitative estimate of drug-likeness (QED) is 0.656. The van der Waals surface area contributed by atoms with Gasteiger partial charge >= 0.3 is 11.9 Å². The maximum atomic E-state index is 13.4. The zero-order valence-corrected chi connectivity index (χ0v) is 18.3. The van der Waals surface area contributed by atoms with E-state index in [1.54, 1.807) is 0 Å². The highest BCUT2D eigenvalue weighted by molar-refractivity contribution is 5.85. The Hall–Kier alpha value is -1.47. The van der Waals surface area contributed by atoms with Crippen molar-refractivity contribution in [3.8, 4) is 0 Å². The number of esters is 2. The van der Waals surface area contributed by atoms with Gasteiger partial charge in [0, 0.05) is 31.1 Å². The Balaban J connectivity index is 1.68. The normalized spacial score (nSPS) is 50.1. The van der Waals surface area contributed by atoms with Crippen molar-refractivity contribution < 1.29 is 34.1 Å². The Labute approximate surface area is 177 Å². The standard InChI is InChI=1S/C23H34O7/c1-12(24)29-15-7-8-22(4)14(9-15)10-17(26)20-16-5-6-19(30-13(2)25)21(16,3)11-18(27)23(20,22)28/h14-16,18-20,27-28H,5-11H2,1-4H3/t14?,15-,16-,18?,19-,20+,21-,22-,23+/m0/s1. The van der Waals surface area contributed by atoms with Crippen LogP contribution >= 0.6 is 0 Å². The molecule has 0 spiro atoms. The minimum absolute atomic E-state index is 0.0260. The fourth-order valence-corrected chi connectivity index (χ4v) is 7.65. The molecule has 7 nitrogen and oxygen atoms in total. The molecule has 4 aliphatic carbocycles. The number of rotatable bonds is 2. The first-order valence-electron chi connectivity index (χ1n) is 11.2. The molecule has 0 bridgehead atoms. The lowest BCUT2D eigenvalue weighted by molar-refractivity contribution is -0.275. The van der Waals surface area contributed by atoms with Crippen molar-refractivity contribution in [2.45, 2.75) is 96.6 Å². The van der Waals surface area contributed by atoms with Crippen molar-refractivity contribution in [2.24, 2.45) is 28.6 Å². The average Bonchev–Trinajstić information content (AvgIpc) is 2.92. The van der Waals surface area contributed by atoms with Crippen LogP contribution in [0.1, 0.15) is 72.6 Å². The van der Waals surface area contributed by atoms with Crippen molar-refractivity contribution in [1.29, 1.82) is 0 Å². The highest BCUT2D eigenvalue weighted by Crippen LogP contribution is 2.67. The molecule has 2 unspecified atom stereocenters. The molecule has 4 fully saturated rings. The summed E-state index contributed by atoms with van der Waals surface area (Å²) in [5.74, 6) is -1.66. The molecule has 0 aliphatic heterocycles. The molecule has 0 saturated heterocycles. The van der Waals surface area contributed by atoms with E-state index < -0.39 is 28.5 Å². The van der Waals surface area contributed by atoms with Gasteiger partial charge in [0.05, 0.1) is 12.0 Å². The number of carbonyl (C=O) groups is 3. The van der Waals surface area contributed by atoms with E-state index in [9.17, 15) is 24.6 Å². The van der Waals surface area contributed by atoms with E-state index in [0.29, 0.717) is 44.9 Å². The molecule has 0 amide bonds. The van der Waals surface area contributed by atoms with Gasteiger partial charge in [-0.2, -0.15) is 0 Å². The Morgan fingerprint density at radius 2 is 1.73 bits per heavy atom. The summed E-state index contributed by atoms with van der Waals surface area (Å²) >= 11 is 0. The van der Waals surface area contributed by atoms with E-state index in [1.165, 1.54) is 13.8 Å². The maximum Gasteiger partial charge on any atom is 0.302 e. The number of ether oxygens (including phenoxy) is 2. The third-order valence-electron chi connectivity index (χ3n) is 9.12. The van der Waals surface area contributed by atoms with Crippen molar-refractivity contribution in [1.82, 2.24) is 0 Å². The van der Waals surface area contributed by atoms with Crippen LogP contribution in [0.25, 0.3) is 0 Å². The zero-order chi connectivity index (χ0) is 22.1. The molecular weight excluding hydrogens is 388 g/mol. The molecule has 0 aromatic carbocycles. The molecule has 2 N–H and O–H groups in total. The van der Waals surface area contributed by atoms with Gasteiger partial charge < -0.3 is 19.7 Å². The lowest BCUT2D eigenvalue weighted by Gasteiger charge is -2.65. The predicted molar refractivity (Wildman–Crippen MR) is 106 cm³/mol. The van der Waals surface area contributed by atoms with Gasteiger partial charge in [0.25, 0.3) is 0 Å². The zero-order valence-electron chi connectivity index (χ0n) is 18.3. The Bertz CT molecular complexity index is 765. The highest BCUT2D eigenvalue weighted by Gasteiger charge is 2.73. The SMILES string of the molecule is CC(=O)O[C@H]1CC[C@@]2(C)C(CC(=O)[C@H]3[C@@H]4CC[C@H](OC(C)=O)[C@@]4(C)CC(O)[C@@]32O)C1. The topological polar surface area (TPSA) is 110 Å². The largest absolute Gasteiger partial charge is 0.463 e. The molecule has 0 heterocycles. The molecule has 168 valence electrons. The highest BCUT2D eigenvalue weighted by atomic mass is 16.5. The van der Waals surface area contributed by atoms with Gasteiger partial charge in [-0.3, -0.25) is 14.4 Å². The minimum atomic E-state index is -1.52. The van der Waals surface area contributed by atoms with Crippen LogP contribution in [0, 0.1) is 28.6 Å². The molecule has 0 radical (unpaired) electrons. The average molecular weight is 423 g/mol. The third-order valence-corrected chi connectivity index (χ3v) is 9.12. The lowest BCUT2D eigenvalue weighted by Crippen LogP contribution is -2.74. The number of ketones is 1. The summed E-state index contributed by atoms with van der Waals surface area (Å²) in [6, 6.07) is 0. The Morgan fingerprint density at radius 1 is 1.07 bits per heavy atom. The van der Waals surface area contributed by atoms with Gasteiger partial charge in [-0.25, -0.2) is 0 Å². The molecule has 4 aliphatic rings. The van der Waals surface area contributed by atoms with E-state index in [4.69, 9.17) is 9.47 Å². The van der Waals surface area contributed by atoms with Gasteiger partial charge in [0.1, 0.15) is 23.6 Å². The van der Waals surface area contributed by atoms with Crippen molar-refractivity contribution >= 4 is 17.7 Å². The minimum Gasteiger partial charge on any atom is -0.463 e. The molecule has 9 atom stereocenters. The number of aliphatic hydroxyl groups is 2. The van der Waals surface area contributed by atoms with Gasteiger partial charge in [-0.1, -0.05) is 13.8 Å². The maximum absolute atomic E-state index is 13.4. The van der Waals surface area contributed by atoms with Crippen molar-refractivity contribution in [2.75, 3.05) is 0 Å². The number of aliphatic hydroxyl groups excluding tert-OH is 1. The summed E-state index contributed by atoms with van der Waals surface area (Å²) in [7, 11) is 0. The number of hydrogen-bond acceptors (Lipinski definition) is 7. The molecule has 0 aromatic heterocycles. The molecule has 4 rings (SSSR count). The third kappa shape index (κ3) is 2.88. The van der Waals surface area contributed by atoms with Gasteiger partial charge in [-0.05, 0) is 50.4 Å². The first kappa shape index (κ1) is 21.8. The van der Waals surface area contributed by atoms with Crippen LogP contribution in [0.4, 0.5) is 0 Å². The van der Waals surface area contributed by atoms with Crippen LogP contribution in [-0.2, 0) is 23.9 Å². The number of Topliss-reactive ketones (excluding diaryl/α,β-unsaturated/α-hetero) is 1. The second-order valence-electron chi connectivity index (χ2n) is 10.6. The number of fused-ring (bicyclic) bond motifs is 5. The van der Waals surface area contributed by atoms with Crippen LogP contribution in [-0.4, -0.2) is 51.8 Å². The monoisotopic (exact) mass is 422 g/mol. The van der Waals surface area contributed by atoms with Crippen LogP contribution in [0.3, 0.4) is 0 Å². The Kier molecular flexibility index (Phi) is 5.09. The Morgan fingerprint density at radius 3 is 2.37 bits per heavy atom. The first-order chi connectivity index (χ1) is 13.9. The van der Waals surface area contributed by atoms with E-state index in [0.717, 1.165) is 0 Å². The summed E-state index contributed by atoms with van der Waals surface area (Å²) in [5, 5.41) is 23.4. The first-order valence-corrected chi connectivity index (χ1v) is 11.2. The molecule has 0 aromatic rings. The second kappa shape index (κ2) is 7.02. The summed E-state index contributed by atoms with van der Waals surface area (Å²) in [6.45, 7) is 6.74. The van der Waals surface area contributed by atoms with Gasteiger partial charge in [-0.15, -0.1) is 0 Å². The summed E-state index contributed by atoms with van der Waals surface area (Å²) in [6.07, 6.45) is 1.99. The summed E-state index contributed by atoms with van der Waals surface area (Å²) in [5.41, 5.74) is -2.69. The second-order valence-corrected chi connectivity index (χ2v) is 10.6. The fraction of sp³-hybridized carbons (Fsp3) is 0.870. The summed E-state index contributed by atoms with van der Waals surface area (Å²) in [4.78, 5) is 36.5. The van der Waals surface area contributed by atoms with E-state index in [-0.39, 0.29) is 41.8 Å². The van der Waals surface area contributed by atoms with Crippen LogP contribution in [0.15, 0.2) is 0 Å². The lowest BCUT2D eigenvalue weighted by atomic mass is 9.41. The van der Waals surface area contributed by atoms with E-state index in [1.807, 2.05) is 13.8 Å². The predicted octanol–water partition coefficient (Wildman–Crippen LogP) is 2.16.